The van der Waals surface area contributed by atoms with Crippen molar-refractivity contribution in [3.8, 4) is 0 Å². The smallest absolute Gasteiger partial charge is 0.407 e. The molecule has 0 saturated heterocycles. The normalized spacial score (nSPS) is 12.8. The van der Waals surface area contributed by atoms with E-state index in [0.717, 1.165) is 28.2 Å². The summed E-state index contributed by atoms with van der Waals surface area (Å²) < 4.78 is 11.4. The van der Waals surface area contributed by atoms with Crippen molar-refractivity contribution < 1.29 is 23.6 Å². The van der Waals surface area contributed by atoms with Gasteiger partial charge in [-0.3, -0.25) is 4.79 Å². The van der Waals surface area contributed by atoms with Gasteiger partial charge in [-0.15, -0.1) is 11.3 Å². The molecule has 3 rings (SSSR count). The number of ether oxygens (including phenoxy) is 2. The van der Waals surface area contributed by atoms with Crippen LogP contribution in [0.25, 0.3) is 22.5 Å². The van der Waals surface area contributed by atoms with Crippen LogP contribution in [0, 0.1) is 0 Å². The lowest BCUT2D eigenvalue weighted by Gasteiger charge is -2.00. The van der Waals surface area contributed by atoms with Crippen LogP contribution in [0.2, 0.25) is 0 Å². The van der Waals surface area contributed by atoms with Crippen LogP contribution in [0.1, 0.15) is 0 Å². The number of aromatic nitrogens is 2. The molecule has 7 nitrogen and oxygen atoms in total. The van der Waals surface area contributed by atoms with E-state index in [2.05, 4.69) is 9.72 Å². The lowest BCUT2D eigenvalue weighted by molar-refractivity contribution is -0.577. The molecule has 0 aliphatic carbocycles. The fourth-order valence-electron chi connectivity index (χ4n) is 2.40. The number of pyridine rings is 1. The highest BCUT2D eigenvalue weighted by Crippen LogP contribution is 2.10. The van der Waals surface area contributed by atoms with Crippen molar-refractivity contribution in [2.24, 2.45) is 0 Å². The second-order valence-corrected chi connectivity index (χ2v) is 6.29. The van der Waals surface area contributed by atoms with E-state index in [-0.39, 0.29) is 14.9 Å². The van der Waals surface area contributed by atoms with E-state index in [4.69, 9.17) is 4.74 Å². The van der Waals surface area contributed by atoms with E-state index in [1.54, 1.807) is 17.0 Å². The SMILES string of the molecule is COC(=O)C=c1s/c(=C(\C(=O)OC)[n+]2ccc3ccccc3c2)[nH]c1=O. The highest BCUT2D eigenvalue weighted by atomic mass is 32.1. The van der Waals surface area contributed by atoms with Gasteiger partial charge in [0.1, 0.15) is 4.53 Å². The number of methoxy groups -OCH3 is 2. The summed E-state index contributed by atoms with van der Waals surface area (Å²) in [5, 5.41) is 1.92. The van der Waals surface area contributed by atoms with Gasteiger partial charge in [0, 0.05) is 17.5 Å². The molecule has 0 fully saturated rings. The number of benzene rings is 1. The third-order valence-corrected chi connectivity index (χ3v) is 4.68. The number of esters is 2. The van der Waals surface area contributed by atoms with Gasteiger partial charge in [-0.05, 0) is 11.5 Å². The molecule has 0 aliphatic heterocycles. The predicted octanol–water partition coefficient (Wildman–Crippen LogP) is -0.340. The number of rotatable bonds is 3. The van der Waals surface area contributed by atoms with E-state index in [1.165, 1.54) is 14.2 Å². The number of carbonyl (C=O) groups excluding carboxylic acids is 2. The zero-order chi connectivity index (χ0) is 18.7. The van der Waals surface area contributed by atoms with Gasteiger partial charge in [0.2, 0.25) is 0 Å². The molecule has 0 saturated carbocycles. The van der Waals surface area contributed by atoms with Crippen molar-refractivity contribution in [2.75, 3.05) is 14.2 Å². The molecule has 0 atom stereocenters. The maximum absolute atomic E-state index is 12.4. The third kappa shape index (κ3) is 3.40. The van der Waals surface area contributed by atoms with Crippen molar-refractivity contribution >= 4 is 45.8 Å². The van der Waals surface area contributed by atoms with E-state index in [9.17, 15) is 14.4 Å². The molecule has 0 aliphatic rings. The van der Waals surface area contributed by atoms with Crippen LogP contribution in [-0.4, -0.2) is 31.1 Å². The molecule has 0 bridgehead atoms. The molecule has 26 heavy (non-hydrogen) atoms. The molecule has 0 spiro atoms. The second-order valence-electron chi connectivity index (χ2n) is 5.24. The Kier molecular flexibility index (Phi) is 4.94. The molecule has 3 aromatic rings. The number of hydrogen-bond acceptors (Lipinski definition) is 6. The highest BCUT2D eigenvalue weighted by molar-refractivity contribution is 7.07. The Bertz CT molecular complexity index is 1180. The van der Waals surface area contributed by atoms with E-state index in [1.807, 2.05) is 30.3 Å². The number of carbonyl (C=O) groups is 2. The number of nitrogens with one attached hydrogen (secondary N) is 1. The largest absolute Gasteiger partial charge is 0.466 e. The molecule has 132 valence electrons. The number of thiazole rings is 1. The van der Waals surface area contributed by atoms with Crippen LogP contribution < -0.4 is 19.3 Å². The molecule has 0 radical (unpaired) electrons. The first-order valence-corrected chi connectivity index (χ1v) is 8.37. The van der Waals surface area contributed by atoms with Crippen molar-refractivity contribution in [1.82, 2.24) is 4.98 Å². The van der Waals surface area contributed by atoms with Gasteiger partial charge < -0.3 is 14.5 Å². The fourth-order valence-corrected chi connectivity index (χ4v) is 3.35. The minimum atomic E-state index is -0.651. The molecular formula is C18H15N2O5S+. The minimum absolute atomic E-state index is 0.134. The van der Waals surface area contributed by atoms with Crippen molar-refractivity contribution in [3.05, 3.63) is 62.3 Å². The molecule has 0 unspecified atom stereocenters. The number of fused-ring (bicyclic) bond motifs is 1. The summed E-state index contributed by atoms with van der Waals surface area (Å²) in [7, 11) is 2.48. The Hall–Kier alpha value is -3.26. The summed E-state index contributed by atoms with van der Waals surface area (Å²) in [6.45, 7) is 0. The van der Waals surface area contributed by atoms with Crippen LogP contribution in [0.5, 0.6) is 0 Å². The maximum Gasteiger partial charge on any atom is 0.407 e. The Labute approximate surface area is 151 Å². The monoisotopic (exact) mass is 371 g/mol. The Morgan fingerprint density at radius 1 is 1.12 bits per heavy atom. The third-order valence-electron chi connectivity index (χ3n) is 3.65. The van der Waals surface area contributed by atoms with Gasteiger partial charge >= 0.3 is 17.6 Å². The summed E-state index contributed by atoms with van der Waals surface area (Å²) in [6, 6.07) is 9.53. The van der Waals surface area contributed by atoms with Gasteiger partial charge in [0.05, 0.1) is 14.2 Å². The summed E-state index contributed by atoms with van der Waals surface area (Å²) >= 11 is 0.972. The van der Waals surface area contributed by atoms with Crippen LogP contribution in [0.15, 0.2) is 47.5 Å². The molecule has 2 heterocycles. The molecule has 0 amide bonds. The van der Waals surface area contributed by atoms with E-state index < -0.39 is 17.5 Å². The van der Waals surface area contributed by atoms with Gasteiger partial charge in [-0.1, -0.05) is 18.2 Å². The lowest BCUT2D eigenvalue weighted by Crippen LogP contribution is -2.41. The lowest BCUT2D eigenvalue weighted by atomic mass is 10.2. The number of hydrogen-bond donors (Lipinski definition) is 1. The molecule has 2 aromatic heterocycles. The van der Waals surface area contributed by atoms with E-state index in [0.29, 0.717) is 0 Å². The zero-order valence-electron chi connectivity index (χ0n) is 14.0. The average Bonchev–Trinajstić information content (AvgIpc) is 3.01. The molecule has 1 aromatic carbocycles. The fraction of sp³-hybridized carbons (Fsp3) is 0.111. The maximum atomic E-state index is 12.4. The van der Waals surface area contributed by atoms with Gasteiger partial charge in [-0.2, -0.15) is 4.57 Å². The van der Waals surface area contributed by atoms with Gasteiger partial charge in [0.15, 0.2) is 17.1 Å². The molecule has 8 heteroatoms. The topological polar surface area (TPSA) is 89.3 Å². The minimum Gasteiger partial charge on any atom is -0.466 e. The zero-order valence-corrected chi connectivity index (χ0v) is 14.8. The summed E-state index contributed by atoms with van der Waals surface area (Å²) in [6.07, 6.45) is 4.55. The number of aromatic amines is 1. The van der Waals surface area contributed by atoms with Crippen LogP contribution in [0.4, 0.5) is 0 Å². The quantitative estimate of drug-likeness (QED) is 0.503. The van der Waals surface area contributed by atoms with Crippen molar-refractivity contribution in [2.45, 2.75) is 0 Å². The summed E-state index contributed by atoms with van der Waals surface area (Å²) in [4.78, 5) is 38.4. The first kappa shape index (κ1) is 17.6. The predicted molar refractivity (Wildman–Crippen MR) is 95.6 cm³/mol. The van der Waals surface area contributed by atoms with Gasteiger partial charge in [-0.25, -0.2) is 9.59 Å². The standard InChI is InChI=1S/C18H14N2O5S/c1-24-14(21)9-13-16(22)19-17(26-13)15(18(23)25-2)20-8-7-11-5-3-4-6-12(11)10-20/h3-10H,1-2H3/p+1. The van der Waals surface area contributed by atoms with Crippen LogP contribution in [0.3, 0.4) is 0 Å². The van der Waals surface area contributed by atoms with E-state index >= 15 is 0 Å². The summed E-state index contributed by atoms with van der Waals surface area (Å²) in [5.41, 5.74) is -0.344. The van der Waals surface area contributed by atoms with Crippen LogP contribution >= 0.6 is 11.3 Å². The molecule has 1 N–H and O–H groups in total. The Morgan fingerprint density at radius 3 is 2.54 bits per heavy atom. The first-order chi connectivity index (χ1) is 12.5. The Morgan fingerprint density at radius 2 is 1.85 bits per heavy atom. The number of nitrogens with zero attached hydrogens (tertiary/aromatic N) is 1. The highest BCUT2D eigenvalue weighted by Gasteiger charge is 2.24. The van der Waals surface area contributed by atoms with Crippen molar-refractivity contribution in [1.29, 1.82) is 0 Å². The average molecular weight is 371 g/mol. The second kappa shape index (κ2) is 7.32. The molecular weight excluding hydrogens is 356 g/mol. The van der Waals surface area contributed by atoms with Crippen LogP contribution in [-0.2, 0) is 19.1 Å². The van der Waals surface area contributed by atoms with Crippen molar-refractivity contribution in [3.63, 3.8) is 0 Å². The first-order valence-electron chi connectivity index (χ1n) is 7.55. The van der Waals surface area contributed by atoms with Gasteiger partial charge in [0.25, 0.3) is 5.56 Å². The number of H-pyrrole nitrogens is 1. The summed E-state index contributed by atoms with van der Waals surface area (Å²) in [5.74, 6) is -1.27. The Balaban J connectivity index is 2.30.